The van der Waals surface area contributed by atoms with Crippen LogP contribution in [-0.4, -0.2) is 38.2 Å². The van der Waals surface area contributed by atoms with Crippen LogP contribution >= 0.6 is 0 Å². The molecular formula is C20H25N3O3. The van der Waals surface area contributed by atoms with Crippen LogP contribution in [0.4, 0.5) is 11.5 Å². The van der Waals surface area contributed by atoms with E-state index in [9.17, 15) is 4.79 Å². The van der Waals surface area contributed by atoms with Crippen LogP contribution in [0.15, 0.2) is 30.5 Å². The van der Waals surface area contributed by atoms with Gasteiger partial charge in [0.2, 0.25) is 5.91 Å². The molecule has 6 nitrogen and oxygen atoms in total. The second-order valence-corrected chi connectivity index (χ2v) is 6.86. The Bertz CT molecular complexity index is 801. The molecule has 6 heteroatoms. The summed E-state index contributed by atoms with van der Waals surface area (Å²) < 4.78 is 11.3. The summed E-state index contributed by atoms with van der Waals surface area (Å²) in [6.45, 7) is 4.43. The van der Waals surface area contributed by atoms with Gasteiger partial charge in [-0.15, -0.1) is 0 Å². The van der Waals surface area contributed by atoms with Crippen LogP contribution in [0, 0.1) is 0 Å². The first-order valence-electron chi connectivity index (χ1n) is 8.69. The van der Waals surface area contributed by atoms with Crippen molar-refractivity contribution in [2.75, 3.05) is 31.0 Å². The molecule has 0 atom stereocenters. The zero-order chi connectivity index (χ0) is 18.8. The Balaban J connectivity index is 1.91. The van der Waals surface area contributed by atoms with E-state index in [0.717, 1.165) is 16.8 Å². The Morgan fingerprint density at radius 2 is 1.88 bits per heavy atom. The zero-order valence-electron chi connectivity index (χ0n) is 15.9. The topological polar surface area (TPSA) is 54.9 Å². The van der Waals surface area contributed by atoms with Gasteiger partial charge in [-0.2, -0.15) is 0 Å². The summed E-state index contributed by atoms with van der Waals surface area (Å²) in [4.78, 5) is 20.8. The predicted molar refractivity (Wildman–Crippen MR) is 102 cm³/mol. The molecule has 1 aromatic carbocycles. The van der Waals surface area contributed by atoms with Gasteiger partial charge < -0.3 is 14.4 Å². The fourth-order valence-corrected chi connectivity index (χ4v) is 2.99. The highest BCUT2D eigenvalue weighted by Crippen LogP contribution is 2.35. The third-order valence-electron chi connectivity index (χ3n) is 4.34. The zero-order valence-corrected chi connectivity index (χ0v) is 15.9. The van der Waals surface area contributed by atoms with Gasteiger partial charge in [-0.1, -0.05) is 0 Å². The maximum atomic E-state index is 12.6. The van der Waals surface area contributed by atoms with Crippen LogP contribution in [0.1, 0.15) is 25.0 Å². The van der Waals surface area contributed by atoms with Crippen LogP contribution in [0.5, 0.6) is 11.5 Å². The van der Waals surface area contributed by atoms with Gasteiger partial charge in [-0.25, -0.2) is 4.98 Å². The maximum absolute atomic E-state index is 12.6. The van der Waals surface area contributed by atoms with Crippen molar-refractivity contribution in [3.05, 3.63) is 41.6 Å². The normalized spacial score (nSPS) is 13.6. The number of hydrogen-bond acceptors (Lipinski definition) is 5. The lowest BCUT2D eigenvalue weighted by Crippen LogP contribution is -2.36. The van der Waals surface area contributed by atoms with Crippen LogP contribution in [0.2, 0.25) is 0 Å². The number of pyridine rings is 1. The highest BCUT2D eigenvalue weighted by atomic mass is 16.5. The second kappa shape index (κ2) is 7.23. The van der Waals surface area contributed by atoms with Gasteiger partial charge in [0.15, 0.2) is 11.5 Å². The number of fused-ring (bicyclic) bond motifs is 1. The van der Waals surface area contributed by atoms with E-state index in [-0.39, 0.29) is 12.0 Å². The number of hydrogen-bond donors (Lipinski definition) is 0. The molecule has 0 radical (unpaired) electrons. The highest BCUT2D eigenvalue weighted by Gasteiger charge is 2.27. The molecule has 0 bridgehead atoms. The molecule has 3 rings (SSSR count). The number of carbonyl (C=O) groups excluding carboxylic acids is 1. The fraction of sp³-hybridized carbons (Fsp3) is 0.400. The number of rotatable bonds is 5. The minimum atomic E-state index is 0.0298. The Morgan fingerprint density at radius 3 is 2.46 bits per heavy atom. The van der Waals surface area contributed by atoms with Gasteiger partial charge >= 0.3 is 0 Å². The monoisotopic (exact) mass is 355 g/mol. The van der Waals surface area contributed by atoms with E-state index in [0.29, 0.717) is 30.3 Å². The van der Waals surface area contributed by atoms with Gasteiger partial charge in [0, 0.05) is 14.1 Å². The van der Waals surface area contributed by atoms with E-state index in [2.05, 4.69) is 4.98 Å². The van der Waals surface area contributed by atoms with E-state index in [1.807, 2.05) is 57.1 Å². The highest BCUT2D eigenvalue weighted by molar-refractivity contribution is 5.95. The van der Waals surface area contributed by atoms with Gasteiger partial charge in [-0.05, 0) is 49.2 Å². The molecule has 0 saturated heterocycles. The van der Waals surface area contributed by atoms with Crippen molar-refractivity contribution in [1.82, 2.24) is 4.98 Å². The molecular weight excluding hydrogens is 330 g/mol. The molecule has 2 heterocycles. The minimum absolute atomic E-state index is 0.0298. The summed E-state index contributed by atoms with van der Waals surface area (Å²) in [5.41, 5.74) is 3.03. The fourth-order valence-electron chi connectivity index (χ4n) is 2.99. The standard InChI is InChI=1S/C20H25N3O3/c1-13(2)26-18-9-15-12-23(19-7-6-16(11-21-19)22(3)4)20(24)10-14(15)8-17(18)25-5/h6-9,11,13H,10,12H2,1-5H3. The molecule has 0 N–H and O–H groups in total. The van der Waals surface area contributed by atoms with Crippen LogP contribution in [-0.2, 0) is 17.8 Å². The third kappa shape index (κ3) is 3.59. The quantitative estimate of drug-likeness (QED) is 0.825. The Hall–Kier alpha value is -2.76. The third-order valence-corrected chi connectivity index (χ3v) is 4.34. The number of nitrogens with zero attached hydrogens (tertiary/aromatic N) is 3. The summed E-state index contributed by atoms with van der Waals surface area (Å²) in [6.07, 6.45) is 2.15. The number of anilines is 2. The molecule has 1 aliphatic heterocycles. The van der Waals surface area contributed by atoms with Crippen molar-refractivity contribution in [1.29, 1.82) is 0 Å². The lowest BCUT2D eigenvalue weighted by molar-refractivity contribution is -0.118. The SMILES string of the molecule is COc1cc2c(cc1OC(C)C)CN(c1ccc(N(C)C)cn1)C(=O)C2. The first-order valence-corrected chi connectivity index (χ1v) is 8.69. The molecule has 2 aromatic rings. The second-order valence-electron chi connectivity index (χ2n) is 6.86. The number of amides is 1. The van der Waals surface area contributed by atoms with Crippen molar-refractivity contribution in [2.45, 2.75) is 32.9 Å². The summed E-state index contributed by atoms with van der Waals surface area (Å²) in [7, 11) is 5.54. The van der Waals surface area contributed by atoms with E-state index < -0.39 is 0 Å². The number of ether oxygens (including phenoxy) is 2. The smallest absolute Gasteiger partial charge is 0.232 e. The summed E-state index contributed by atoms with van der Waals surface area (Å²) >= 11 is 0. The summed E-state index contributed by atoms with van der Waals surface area (Å²) in [6, 6.07) is 7.73. The van der Waals surface area contributed by atoms with Crippen molar-refractivity contribution in [2.24, 2.45) is 0 Å². The van der Waals surface area contributed by atoms with Crippen molar-refractivity contribution < 1.29 is 14.3 Å². The van der Waals surface area contributed by atoms with E-state index in [1.54, 1.807) is 18.2 Å². The Morgan fingerprint density at radius 1 is 1.15 bits per heavy atom. The van der Waals surface area contributed by atoms with E-state index in [1.165, 1.54) is 0 Å². The molecule has 0 unspecified atom stereocenters. The van der Waals surface area contributed by atoms with Crippen molar-refractivity contribution >= 4 is 17.4 Å². The molecule has 0 spiro atoms. The maximum Gasteiger partial charge on any atom is 0.232 e. The summed E-state index contributed by atoms with van der Waals surface area (Å²) in [5.74, 6) is 2.05. The molecule has 1 aliphatic rings. The molecule has 26 heavy (non-hydrogen) atoms. The van der Waals surface area contributed by atoms with E-state index in [4.69, 9.17) is 9.47 Å². The lowest BCUT2D eigenvalue weighted by Gasteiger charge is -2.29. The molecule has 0 aliphatic carbocycles. The van der Waals surface area contributed by atoms with Crippen LogP contribution in [0.3, 0.4) is 0 Å². The minimum Gasteiger partial charge on any atom is -0.493 e. The van der Waals surface area contributed by atoms with Crippen LogP contribution in [0.25, 0.3) is 0 Å². The summed E-state index contributed by atoms with van der Waals surface area (Å²) in [5, 5.41) is 0. The number of carbonyl (C=O) groups is 1. The van der Waals surface area contributed by atoms with Gasteiger partial charge in [0.05, 0.1) is 38.1 Å². The van der Waals surface area contributed by atoms with Gasteiger partial charge in [-0.3, -0.25) is 9.69 Å². The van der Waals surface area contributed by atoms with Crippen molar-refractivity contribution in [3.8, 4) is 11.5 Å². The van der Waals surface area contributed by atoms with Gasteiger partial charge in [0.25, 0.3) is 0 Å². The molecule has 1 aromatic heterocycles. The average molecular weight is 355 g/mol. The van der Waals surface area contributed by atoms with E-state index >= 15 is 0 Å². The predicted octanol–water partition coefficient (Wildman–Crippen LogP) is 3.03. The Labute approximate surface area is 154 Å². The molecule has 1 amide bonds. The first-order chi connectivity index (χ1) is 12.4. The molecule has 0 fully saturated rings. The molecule has 138 valence electrons. The first kappa shape index (κ1) is 18.0. The van der Waals surface area contributed by atoms with Crippen LogP contribution < -0.4 is 19.3 Å². The van der Waals surface area contributed by atoms with Crippen molar-refractivity contribution in [3.63, 3.8) is 0 Å². The number of aromatic nitrogens is 1. The Kier molecular flexibility index (Phi) is 5.02. The lowest BCUT2D eigenvalue weighted by atomic mass is 9.98. The number of benzene rings is 1. The number of methoxy groups -OCH3 is 1. The largest absolute Gasteiger partial charge is 0.493 e. The average Bonchev–Trinajstić information content (AvgIpc) is 2.60. The molecule has 0 saturated carbocycles. The van der Waals surface area contributed by atoms with Gasteiger partial charge in [0.1, 0.15) is 5.82 Å².